The van der Waals surface area contributed by atoms with E-state index < -0.39 is 0 Å². The summed E-state index contributed by atoms with van der Waals surface area (Å²) < 4.78 is 0. The minimum absolute atomic E-state index is 0.635. The highest BCUT2D eigenvalue weighted by molar-refractivity contribution is 5.80. The number of nitrogens with two attached hydrogens (primary N) is 1. The van der Waals surface area contributed by atoms with Gasteiger partial charge in [-0.25, -0.2) is 0 Å². The van der Waals surface area contributed by atoms with Gasteiger partial charge in [0.25, 0.3) is 0 Å². The van der Waals surface area contributed by atoms with E-state index in [4.69, 9.17) is 5.73 Å². The standard InChI is InChI=1S/C10H21N3/c1-3-5-10(11)12-8-9-6-4-7-13(9)2/h9H,3-8H2,1-2H3,(H2,11,12). The molecule has 0 aromatic rings. The summed E-state index contributed by atoms with van der Waals surface area (Å²) in [5.74, 6) is 0.822. The highest BCUT2D eigenvalue weighted by Crippen LogP contribution is 2.14. The summed E-state index contributed by atoms with van der Waals surface area (Å²) in [4.78, 5) is 6.78. The lowest BCUT2D eigenvalue weighted by Gasteiger charge is -2.16. The molecule has 76 valence electrons. The van der Waals surface area contributed by atoms with E-state index in [2.05, 4.69) is 23.9 Å². The van der Waals surface area contributed by atoms with E-state index in [0.29, 0.717) is 6.04 Å². The second-order valence-electron chi connectivity index (χ2n) is 3.86. The van der Waals surface area contributed by atoms with Crippen molar-refractivity contribution in [2.24, 2.45) is 10.7 Å². The van der Waals surface area contributed by atoms with Gasteiger partial charge in [0.2, 0.25) is 0 Å². The lowest BCUT2D eigenvalue weighted by Crippen LogP contribution is -2.28. The molecule has 0 radical (unpaired) electrons. The molecule has 0 spiro atoms. The van der Waals surface area contributed by atoms with Crippen LogP contribution in [0.4, 0.5) is 0 Å². The van der Waals surface area contributed by atoms with Gasteiger partial charge in [0, 0.05) is 12.5 Å². The van der Waals surface area contributed by atoms with Crippen LogP contribution in [-0.4, -0.2) is 36.9 Å². The zero-order chi connectivity index (χ0) is 9.68. The fourth-order valence-corrected chi connectivity index (χ4v) is 1.77. The van der Waals surface area contributed by atoms with Gasteiger partial charge in [0.1, 0.15) is 0 Å². The van der Waals surface area contributed by atoms with Crippen molar-refractivity contribution in [3.05, 3.63) is 0 Å². The van der Waals surface area contributed by atoms with Crippen LogP contribution < -0.4 is 5.73 Å². The maximum absolute atomic E-state index is 5.74. The molecule has 0 aromatic carbocycles. The second kappa shape index (κ2) is 5.22. The fraction of sp³-hybridized carbons (Fsp3) is 0.900. The molecular formula is C10H21N3. The molecule has 3 nitrogen and oxygen atoms in total. The van der Waals surface area contributed by atoms with Crippen molar-refractivity contribution in [3.63, 3.8) is 0 Å². The molecule has 1 aliphatic rings. The highest BCUT2D eigenvalue weighted by atomic mass is 15.2. The Labute approximate surface area is 81.0 Å². The zero-order valence-corrected chi connectivity index (χ0v) is 8.79. The molecule has 0 aliphatic carbocycles. The average molecular weight is 183 g/mol. The highest BCUT2D eigenvalue weighted by Gasteiger charge is 2.19. The monoisotopic (exact) mass is 183 g/mol. The van der Waals surface area contributed by atoms with Crippen molar-refractivity contribution in [1.29, 1.82) is 0 Å². The first kappa shape index (κ1) is 10.5. The molecule has 1 atom stereocenters. The Kier molecular flexibility index (Phi) is 4.22. The molecule has 3 heteroatoms. The lowest BCUT2D eigenvalue weighted by atomic mass is 10.2. The van der Waals surface area contributed by atoms with Crippen molar-refractivity contribution >= 4 is 5.84 Å². The predicted octanol–water partition coefficient (Wildman–Crippen LogP) is 1.24. The van der Waals surface area contributed by atoms with E-state index in [1.54, 1.807) is 0 Å². The molecule has 1 fully saturated rings. The van der Waals surface area contributed by atoms with Crippen LogP contribution in [0.25, 0.3) is 0 Å². The van der Waals surface area contributed by atoms with Gasteiger partial charge in [-0.05, 0) is 32.9 Å². The van der Waals surface area contributed by atoms with Crippen molar-refractivity contribution in [2.75, 3.05) is 20.1 Å². The first-order chi connectivity index (χ1) is 6.24. The number of rotatable bonds is 4. The van der Waals surface area contributed by atoms with E-state index in [1.807, 2.05) is 0 Å². The fourth-order valence-electron chi connectivity index (χ4n) is 1.77. The van der Waals surface area contributed by atoms with Gasteiger partial charge in [-0.2, -0.15) is 0 Å². The minimum atomic E-state index is 0.635. The molecule has 0 amide bonds. The van der Waals surface area contributed by atoms with Crippen LogP contribution in [0, 0.1) is 0 Å². The summed E-state index contributed by atoms with van der Waals surface area (Å²) in [7, 11) is 2.17. The third-order valence-corrected chi connectivity index (χ3v) is 2.68. The summed E-state index contributed by atoms with van der Waals surface area (Å²) in [6.45, 7) is 4.24. The van der Waals surface area contributed by atoms with E-state index in [9.17, 15) is 0 Å². The first-order valence-electron chi connectivity index (χ1n) is 5.23. The van der Waals surface area contributed by atoms with Crippen LogP contribution in [0.5, 0.6) is 0 Å². The number of nitrogens with zero attached hydrogens (tertiary/aromatic N) is 2. The van der Waals surface area contributed by atoms with Gasteiger partial charge in [-0.15, -0.1) is 0 Å². The molecular weight excluding hydrogens is 162 g/mol. The predicted molar refractivity (Wildman–Crippen MR) is 57.0 cm³/mol. The van der Waals surface area contributed by atoms with Gasteiger partial charge in [0.15, 0.2) is 0 Å². The molecule has 2 N–H and O–H groups in total. The molecule has 13 heavy (non-hydrogen) atoms. The Morgan fingerprint density at radius 1 is 1.62 bits per heavy atom. The molecule has 1 unspecified atom stereocenters. The third kappa shape index (κ3) is 3.35. The number of hydrogen-bond donors (Lipinski definition) is 1. The minimum Gasteiger partial charge on any atom is -0.387 e. The molecule has 1 rings (SSSR count). The van der Waals surface area contributed by atoms with Gasteiger partial charge in [0.05, 0.1) is 12.4 Å². The van der Waals surface area contributed by atoms with Gasteiger partial charge >= 0.3 is 0 Å². The van der Waals surface area contributed by atoms with Crippen molar-refractivity contribution in [1.82, 2.24) is 4.90 Å². The molecule has 0 bridgehead atoms. The Bertz CT molecular complexity index is 177. The van der Waals surface area contributed by atoms with Crippen LogP contribution in [0.2, 0.25) is 0 Å². The number of aliphatic imine (C=N–C) groups is 1. The number of likely N-dealkylation sites (tertiary alicyclic amines) is 1. The third-order valence-electron chi connectivity index (χ3n) is 2.68. The van der Waals surface area contributed by atoms with E-state index in [0.717, 1.165) is 25.2 Å². The maximum Gasteiger partial charge on any atom is 0.0937 e. The summed E-state index contributed by atoms with van der Waals surface area (Å²) in [6.07, 6.45) is 4.62. The van der Waals surface area contributed by atoms with E-state index in [-0.39, 0.29) is 0 Å². The lowest BCUT2D eigenvalue weighted by molar-refractivity contribution is 0.317. The summed E-state index contributed by atoms with van der Waals surface area (Å²) >= 11 is 0. The van der Waals surface area contributed by atoms with Crippen LogP contribution >= 0.6 is 0 Å². The number of hydrogen-bond acceptors (Lipinski definition) is 2. The summed E-state index contributed by atoms with van der Waals surface area (Å²) in [6, 6.07) is 0.635. The number of likely N-dealkylation sites (N-methyl/N-ethyl adjacent to an activating group) is 1. The summed E-state index contributed by atoms with van der Waals surface area (Å²) in [5, 5.41) is 0. The molecule has 1 saturated heterocycles. The quantitative estimate of drug-likeness (QED) is 0.526. The van der Waals surface area contributed by atoms with Crippen molar-refractivity contribution in [3.8, 4) is 0 Å². The van der Waals surface area contributed by atoms with Crippen LogP contribution in [-0.2, 0) is 0 Å². The maximum atomic E-state index is 5.74. The Hall–Kier alpha value is -0.570. The van der Waals surface area contributed by atoms with Gasteiger partial charge in [-0.1, -0.05) is 6.92 Å². The van der Waals surface area contributed by atoms with Crippen LogP contribution in [0.15, 0.2) is 4.99 Å². The van der Waals surface area contributed by atoms with Gasteiger partial charge < -0.3 is 10.6 Å². The second-order valence-corrected chi connectivity index (χ2v) is 3.86. The normalized spacial score (nSPS) is 25.4. The molecule has 0 aromatic heterocycles. The average Bonchev–Trinajstić information content (AvgIpc) is 2.48. The SMILES string of the molecule is CCCC(N)=NCC1CCCN1C. The topological polar surface area (TPSA) is 41.6 Å². The van der Waals surface area contributed by atoms with E-state index >= 15 is 0 Å². The molecule has 1 aliphatic heterocycles. The molecule has 0 saturated carbocycles. The zero-order valence-electron chi connectivity index (χ0n) is 8.79. The molecule has 1 heterocycles. The number of amidine groups is 1. The first-order valence-corrected chi connectivity index (χ1v) is 5.23. The van der Waals surface area contributed by atoms with Crippen molar-refractivity contribution in [2.45, 2.75) is 38.6 Å². The Morgan fingerprint density at radius 2 is 2.38 bits per heavy atom. The van der Waals surface area contributed by atoms with Gasteiger partial charge in [-0.3, -0.25) is 4.99 Å². The Morgan fingerprint density at radius 3 is 2.92 bits per heavy atom. The Balaban J connectivity index is 2.27. The summed E-state index contributed by atoms with van der Waals surface area (Å²) in [5.41, 5.74) is 5.74. The van der Waals surface area contributed by atoms with Crippen molar-refractivity contribution < 1.29 is 0 Å². The largest absolute Gasteiger partial charge is 0.387 e. The smallest absolute Gasteiger partial charge is 0.0937 e. The van der Waals surface area contributed by atoms with E-state index in [1.165, 1.54) is 19.4 Å². The van der Waals surface area contributed by atoms with Crippen LogP contribution in [0.1, 0.15) is 32.6 Å². The van der Waals surface area contributed by atoms with Crippen LogP contribution in [0.3, 0.4) is 0 Å².